The lowest BCUT2D eigenvalue weighted by molar-refractivity contribution is -0.189. The van der Waals surface area contributed by atoms with E-state index < -0.39 is 52.3 Å². The largest absolute Gasteiger partial charge is 0.480 e. The first-order valence-electron chi connectivity index (χ1n) is 10.2. The van der Waals surface area contributed by atoms with Crippen LogP contribution in [0, 0.1) is 5.82 Å². The molecule has 182 valence electrons. The lowest BCUT2D eigenvalue weighted by Crippen LogP contribution is -2.31. The Balaban J connectivity index is 1.99. The Labute approximate surface area is 191 Å². The van der Waals surface area contributed by atoms with Crippen LogP contribution in [-0.4, -0.2) is 44.8 Å². The van der Waals surface area contributed by atoms with Gasteiger partial charge in [-0.05, 0) is 50.8 Å². The average molecular weight is 496 g/mol. The van der Waals surface area contributed by atoms with Gasteiger partial charge < -0.3 is 14.2 Å². The summed E-state index contributed by atoms with van der Waals surface area (Å²) < 4.78 is 71.5. The van der Waals surface area contributed by atoms with E-state index in [4.69, 9.17) is 25.8 Å². The fourth-order valence-corrected chi connectivity index (χ4v) is 3.39. The summed E-state index contributed by atoms with van der Waals surface area (Å²) in [6.45, 7) is 3.01. The molecule has 0 N–H and O–H groups in total. The molecule has 33 heavy (non-hydrogen) atoms. The molecule has 1 saturated heterocycles. The molecule has 8 nitrogen and oxygen atoms in total. The number of ether oxygens (including phenoxy) is 3. The third-order valence-electron chi connectivity index (χ3n) is 5.05. The molecule has 1 aliphatic heterocycles. The van der Waals surface area contributed by atoms with E-state index in [0.29, 0.717) is 30.7 Å². The normalized spacial score (nSPS) is 17.7. The van der Waals surface area contributed by atoms with Crippen molar-refractivity contribution in [3.8, 4) is 11.4 Å². The van der Waals surface area contributed by atoms with Crippen molar-refractivity contribution in [2.75, 3.05) is 6.61 Å². The standard InChI is InChI=1S/C20H22ClF4N3O5/c1-3-27-16(10-32-17-6-4-5-7-31-17)26-28(19(27)30)14-9-15(33-11(2)20(23,24)25)12(18(21)29)8-13(14)22/h8-9,11,17H,3-7,10H2,1-2H3/t11-,17?/m0/s1. The second-order valence-corrected chi connectivity index (χ2v) is 7.68. The minimum Gasteiger partial charge on any atom is -0.480 e. The Morgan fingerprint density at radius 1 is 1.36 bits per heavy atom. The van der Waals surface area contributed by atoms with Gasteiger partial charge in [-0.25, -0.2) is 9.18 Å². The summed E-state index contributed by atoms with van der Waals surface area (Å²) in [7, 11) is 0. The molecule has 2 aromatic rings. The molecule has 1 aliphatic rings. The van der Waals surface area contributed by atoms with Crippen LogP contribution in [-0.2, 0) is 22.6 Å². The number of nitrogens with zero attached hydrogens (tertiary/aromatic N) is 3. The molecule has 1 unspecified atom stereocenters. The molecule has 0 saturated carbocycles. The van der Waals surface area contributed by atoms with Crippen LogP contribution in [0.2, 0.25) is 0 Å². The van der Waals surface area contributed by atoms with E-state index in [2.05, 4.69) is 5.10 Å². The van der Waals surface area contributed by atoms with E-state index in [0.717, 1.165) is 18.9 Å². The summed E-state index contributed by atoms with van der Waals surface area (Å²) in [5.41, 5.74) is -1.87. The second-order valence-electron chi connectivity index (χ2n) is 7.34. The smallest absolute Gasteiger partial charge is 0.425 e. The SMILES string of the molecule is CCn1c(COC2CCCCO2)nn(-c2cc(O[C@@H](C)C(F)(F)F)c(C(=O)Cl)cc2F)c1=O. The van der Waals surface area contributed by atoms with E-state index in [1.165, 1.54) is 4.57 Å². The van der Waals surface area contributed by atoms with Gasteiger partial charge in [0.15, 0.2) is 18.2 Å². The molecule has 0 amide bonds. The number of hydrogen-bond donors (Lipinski definition) is 0. The first-order chi connectivity index (χ1) is 15.5. The Morgan fingerprint density at radius 3 is 2.67 bits per heavy atom. The zero-order valence-corrected chi connectivity index (χ0v) is 18.6. The van der Waals surface area contributed by atoms with E-state index in [1.807, 2.05) is 0 Å². The van der Waals surface area contributed by atoms with E-state index in [-0.39, 0.29) is 19.0 Å². The van der Waals surface area contributed by atoms with Crippen molar-refractivity contribution in [3.63, 3.8) is 0 Å². The van der Waals surface area contributed by atoms with Crippen molar-refractivity contribution >= 4 is 16.8 Å². The topological polar surface area (TPSA) is 84.6 Å². The molecular formula is C20H22ClF4N3O5. The second kappa shape index (κ2) is 10.2. The van der Waals surface area contributed by atoms with Gasteiger partial charge in [0, 0.05) is 19.2 Å². The average Bonchev–Trinajstić information content (AvgIpc) is 3.08. The van der Waals surface area contributed by atoms with Gasteiger partial charge in [-0.3, -0.25) is 9.36 Å². The molecule has 1 fully saturated rings. The maximum absolute atomic E-state index is 14.8. The third kappa shape index (κ3) is 5.74. The van der Waals surface area contributed by atoms with Crippen molar-refractivity contribution in [2.24, 2.45) is 0 Å². The monoisotopic (exact) mass is 495 g/mol. The Kier molecular flexibility index (Phi) is 7.80. The summed E-state index contributed by atoms with van der Waals surface area (Å²) >= 11 is 5.39. The molecule has 2 heterocycles. The van der Waals surface area contributed by atoms with Gasteiger partial charge >= 0.3 is 11.9 Å². The fourth-order valence-electron chi connectivity index (χ4n) is 3.24. The first kappa shape index (κ1) is 25.2. The Bertz CT molecular complexity index is 1060. The highest BCUT2D eigenvalue weighted by molar-refractivity contribution is 6.68. The van der Waals surface area contributed by atoms with Crippen molar-refractivity contribution in [1.82, 2.24) is 14.3 Å². The van der Waals surface area contributed by atoms with Crippen LogP contribution in [0.25, 0.3) is 5.69 Å². The van der Waals surface area contributed by atoms with Crippen LogP contribution >= 0.6 is 11.6 Å². The van der Waals surface area contributed by atoms with Crippen LogP contribution in [0.5, 0.6) is 5.75 Å². The Hall–Kier alpha value is -2.44. The van der Waals surface area contributed by atoms with Gasteiger partial charge in [-0.15, -0.1) is 5.10 Å². The molecule has 0 aliphatic carbocycles. The lowest BCUT2D eigenvalue weighted by atomic mass is 10.2. The number of carbonyl (C=O) groups is 1. The van der Waals surface area contributed by atoms with Gasteiger partial charge in [-0.1, -0.05) is 0 Å². The predicted octanol–water partition coefficient (Wildman–Crippen LogP) is 3.94. The number of rotatable bonds is 8. The molecule has 3 rings (SSSR count). The highest BCUT2D eigenvalue weighted by Gasteiger charge is 2.39. The molecule has 0 bridgehead atoms. The van der Waals surface area contributed by atoms with Crippen LogP contribution in [0.3, 0.4) is 0 Å². The zero-order chi connectivity index (χ0) is 24.3. The van der Waals surface area contributed by atoms with Crippen LogP contribution in [0.15, 0.2) is 16.9 Å². The molecule has 13 heteroatoms. The van der Waals surface area contributed by atoms with Crippen molar-refractivity contribution in [3.05, 3.63) is 39.8 Å². The highest BCUT2D eigenvalue weighted by atomic mass is 35.5. The van der Waals surface area contributed by atoms with E-state index >= 15 is 0 Å². The summed E-state index contributed by atoms with van der Waals surface area (Å²) in [4.78, 5) is 24.5. The van der Waals surface area contributed by atoms with Gasteiger partial charge in [0.05, 0.1) is 5.56 Å². The Morgan fingerprint density at radius 2 is 2.09 bits per heavy atom. The van der Waals surface area contributed by atoms with Gasteiger partial charge in [0.2, 0.25) is 0 Å². The van der Waals surface area contributed by atoms with E-state index in [1.54, 1.807) is 6.92 Å². The van der Waals surface area contributed by atoms with Gasteiger partial charge in [-0.2, -0.15) is 17.9 Å². The molecule has 1 aromatic carbocycles. The minimum atomic E-state index is -4.76. The van der Waals surface area contributed by atoms with Crippen molar-refractivity contribution in [2.45, 2.75) is 64.8 Å². The molecule has 1 aromatic heterocycles. The minimum absolute atomic E-state index is 0.102. The maximum Gasteiger partial charge on any atom is 0.425 e. The summed E-state index contributed by atoms with van der Waals surface area (Å²) in [6, 6.07) is 1.39. The number of halogens is 5. The van der Waals surface area contributed by atoms with Crippen LogP contribution in [0.1, 0.15) is 49.3 Å². The lowest BCUT2D eigenvalue weighted by Gasteiger charge is -2.22. The summed E-state index contributed by atoms with van der Waals surface area (Å²) in [5.74, 6) is -1.57. The predicted molar refractivity (Wildman–Crippen MR) is 108 cm³/mol. The van der Waals surface area contributed by atoms with Crippen molar-refractivity contribution < 1.29 is 36.6 Å². The number of hydrogen-bond acceptors (Lipinski definition) is 6. The van der Waals surface area contributed by atoms with Crippen molar-refractivity contribution in [1.29, 1.82) is 0 Å². The third-order valence-corrected chi connectivity index (χ3v) is 5.25. The van der Waals surface area contributed by atoms with Gasteiger partial charge in [0.1, 0.15) is 23.9 Å². The quantitative estimate of drug-likeness (QED) is 0.407. The highest BCUT2D eigenvalue weighted by Crippen LogP contribution is 2.31. The van der Waals surface area contributed by atoms with Crippen LogP contribution < -0.4 is 10.4 Å². The number of alkyl halides is 3. The number of carbonyl (C=O) groups excluding carboxylic acids is 1. The zero-order valence-electron chi connectivity index (χ0n) is 17.8. The maximum atomic E-state index is 14.8. The molecule has 0 radical (unpaired) electrons. The number of benzene rings is 1. The van der Waals surface area contributed by atoms with Gasteiger partial charge in [0.25, 0.3) is 5.24 Å². The summed E-state index contributed by atoms with van der Waals surface area (Å²) in [6.07, 6.45) is -5.01. The molecular weight excluding hydrogens is 474 g/mol. The first-order valence-corrected chi connectivity index (χ1v) is 10.6. The molecule has 0 spiro atoms. The molecule has 2 atom stereocenters. The van der Waals surface area contributed by atoms with E-state index in [9.17, 15) is 27.2 Å². The van der Waals surface area contributed by atoms with Crippen LogP contribution in [0.4, 0.5) is 17.6 Å². The number of aromatic nitrogens is 3. The fraction of sp³-hybridized carbons (Fsp3) is 0.550. The summed E-state index contributed by atoms with van der Waals surface area (Å²) in [5, 5.41) is 2.87.